The lowest BCUT2D eigenvalue weighted by Gasteiger charge is -2.23. The molecule has 1 amide bonds. The molecule has 0 fully saturated rings. The molecule has 0 saturated heterocycles. The molecule has 0 aromatic heterocycles. The average Bonchev–Trinajstić information content (AvgIpc) is 2.82. The summed E-state index contributed by atoms with van der Waals surface area (Å²) in [7, 11) is 1.56. The van der Waals surface area contributed by atoms with E-state index in [0.717, 1.165) is 12.1 Å². The van der Waals surface area contributed by atoms with Crippen LogP contribution in [-0.2, 0) is 6.42 Å². The van der Waals surface area contributed by atoms with Gasteiger partial charge in [0.05, 0.1) is 12.7 Å². The number of hydrogen-bond donors (Lipinski definition) is 1. The van der Waals surface area contributed by atoms with Gasteiger partial charge in [-0.15, -0.1) is 0 Å². The van der Waals surface area contributed by atoms with E-state index in [9.17, 15) is 4.79 Å². The third kappa shape index (κ3) is 2.23. The maximum absolute atomic E-state index is 12.9. The highest BCUT2D eigenvalue weighted by Gasteiger charge is 2.32. The van der Waals surface area contributed by atoms with Crippen molar-refractivity contribution in [3.63, 3.8) is 0 Å². The first-order valence-electron chi connectivity index (χ1n) is 6.97. The van der Waals surface area contributed by atoms with Crippen molar-refractivity contribution in [2.24, 2.45) is 0 Å². The predicted molar refractivity (Wildman–Crippen MR) is 83.8 cm³/mol. The molecule has 3 rings (SSSR count). The highest BCUT2D eigenvalue weighted by atomic mass is 16.5. The quantitative estimate of drug-likeness (QED) is 0.862. The summed E-state index contributed by atoms with van der Waals surface area (Å²) in [5.41, 5.74) is 9.04. The van der Waals surface area contributed by atoms with E-state index < -0.39 is 0 Å². The monoisotopic (exact) mass is 282 g/mol. The molecule has 1 atom stereocenters. The first kappa shape index (κ1) is 13.5. The molecule has 0 radical (unpaired) electrons. The molecule has 1 unspecified atom stereocenters. The number of anilines is 2. The third-order valence-electron chi connectivity index (χ3n) is 3.88. The number of amides is 1. The van der Waals surface area contributed by atoms with Crippen molar-refractivity contribution in [3.05, 3.63) is 53.6 Å². The fourth-order valence-electron chi connectivity index (χ4n) is 2.90. The second-order valence-electron chi connectivity index (χ2n) is 5.32. The molecular weight excluding hydrogens is 264 g/mol. The fraction of sp³-hybridized carbons (Fsp3) is 0.235. The molecule has 2 aromatic rings. The SMILES string of the molecule is COc1ccc(N)cc1C(=O)N1c2ccccc2CC1C. The molecule has 108 valence electrons. The maximum Gasteiger partial charge on any atom is 0.262 e. The van der Waals surface area contributed by atoms with Crippen LogP contribution in [0.25, 0.3) is 0 Å². The van der Waals surface area contributed by atoms with Gasteiger partial charge in [-0.25, -0.2) is 0 Å². The summed E-state index contributed by atoms with van der Waals surface area (Å²) < 4.78 is 5.30. The number of hydrogen-bond acceptors (Lipinski definition) is 3. The van der Waals surface area contributed by atoms with Crippen LogP contribution < -0.4 is 15.4 Å². The van der Waals surface area contributed by atoms with Crippen molar-refractivity contribution in [1.82, 2.24) is 0 Å². The molecule has 0 saturated carbocycles. The number of nitrogens with two attached hydrogens (primary N) is 1. The molecule has 1 aliphatic heterocycles. The Balaban J connectivity index is 2.05. The van der Waals surface area contributed by atoms with Crippen molar-refractivity contribution < 1.29 is 9.53 Å². The van der Waals surface area contributed by atoms with Crippen molar-refractivity contribution in [3.8, 4) is 5.75 Å². The minimum absolute atomic E-state index is 0.0726. The van der Waals surface area contributed by atoms with E-state index in [-0.39, 0.29) is 11.9 Å². The van der Waals surface area contributed by atoms with E-state index in [4.69, 9.17) is 10.5 Å². The molecule has 0 aliphatic carbocycles. The van der Waals surface area contributed by atoms with E-state index >= 15 is 0 Å². The van der Waals surface area contributed by atoms with E-state index in [1.807, 2.05) is 23.1 Å². The number of ether oxygens (including phenoxy) is 1. The van der Waals surface area contributed by atoms with Crippen LogP contribution >= 0.6 is 0 Å². The average molecular weight is 282 g/mol. The standard InChI is InChI=1S/C17H18N2O2/c1-11-9-12-5-3-4-6-15(12)19(11)17(20)14-10-13(18)7-8-16(14)21-2/h3-8,10-11H,9,18H2,1-2H3. The zero-order valence-electron chi connectivity index (χ0n) is 12.2. The van der Waals surface area contributed by atoms with Gasteiger partial charge in [0.2, 0.25) is 0 Å². The Morgan fingerprint density at radius 3 is 2.81 bits per heavy atom. The summed E-state index contributed by atoms with van der Waals surface area (Å²) >= 11 is 0. The van der Waals surface area contributed by atoms with Gasteiger partial charge < -0.3 is 15.4 Å². The van der Waals surface area contributed by atoms with Gasteiger partial charge >= 0.3 is 0 Å². The Labute approximate surface area is 124 Å². The van der Waals surface area contributed by atoms with Gasteiger partial charge in [-0.1, -0.05) is 18.2 Å². The minimum Gasteiger partial charge on any atom is -0.496 e. The number of carbonyl (C=O) groups is 1. The Bertz CT molecular complexity index is 697. The number of fused-ring (bicyclic) bond motifs is 1. The summed E-state index contributed by atoms with van der Waals surface area (Å²) in [6, 6.07) is 13.3. The van der Waals surface area contributed by atoms with Crippen LogP contribution in [0.4, 0.5) is 11.4 Å². The third-order valence-corrected chi connectivity index (χ3v) is 3.88. The summed E-state index contributed by atoms with van der Waals surface area (Å²) in [5.74, 6) is 0.474. The Hall–Kier alpha value is -2.49. The van der Waals surface area contributed by atoms with Gasteiger partial charge in [-0.05, 0) is 43.2 Å². The summed E-state index contributed by atoms with van der Waals surface area (Å²) in [5, 5.41) is 0. The smallest absolute Gasteiger partial charge is 0.262 e. The number of carbonyl (C=O) groups excluding carboxylic acids is 1. The van der Waals surface area contributed by atoms with Crippen molar-refractivity contribution in [2.45, 2.75) is 19.4 Å². The van der Waals surface area contributed by atoms with Crippen molar-refractivity contribution in [2.75, 3.05) is 17.7 Å². The number of nitrogen functional groups attached to an aromatic ring is 1. The van der Waals surface area contributed by atoms with Crippen LogP contribution in [0, 0.1) is 0 Å². The predicted octanol–water partition coefficient (Wildman–Crippen LogP) is 2.87. The van der Waals surface area contributed by atoms with Gasteiger partial charge in [0.15, 0.2) is 0 Å². The number of para-hydroxylation sites is 1. The number of rotatable bonds is 2. The fourth-order valence-corrected chi connectivity index (χ4v) is 2.90. The Kier molecular flexibility index (Phi) is 3.29. The lowest BCUT2D eigenvalue weighted by molar-refractivity contribution is 0.0978. The van der Waals surface area contributed by atoms with Crippen molar-refractivity contribution >= 4 is 17.3 Å². The molecule has 0 bridgehead atoms. The minimum atomic E-state index is -0.0726. The summed E-state index contributed by atoms with van der Waals surface area (Å²) in [6.45, 7) is 2.05. The largest absolute Gasteiger partial charge is 0.496 e. The van der Waals surface area contributed by atoms with Crippen LogP contribution in [0.3, 0.4) is 0 Å². The van der Waals surface area contributed by atoms with E-state index in [0.29, 0.717) is 17.0 Å². The van der Waals surface area contributed by atoms with Crippen LogP contribution in [0.1, 0.15) is 22.8 Å². The van der Waals surface area contributed by atoms with Gasteiger partial charge in [0.1, 0.15) is 5.75 Å². The highest BCUT2D eigenvalue weighted by molar-refractivity contribution is 6.09. The molecule has 1 heterocycles. The number of nitrogens with zero attached hydrogens (tertiary/aromatic N) is 1. The molecular formula is C17H18N2O2. The normalized spacial score (nSPS) is 16.7. The first-order valence-corrected chi connectivity index (χ1v) is 6.97. The van der Waals surface area contributed by atoms with E-state index in [2.05, 4.69) is 13.0 Å². The molecule has 2 N–H and O–H groups in total. The van der Waals surface area contributed by atoms with E-state index in [1.54, 1.807) is 25.3 Å². The first-order chi connectivity index (χ1) is 10.1. The maximum atomic E-state index is 12.9. The van der Waals surface area contributed by atoms with Crippen LogP contribution in [0.2, 0.25) is 0 Å². The van der Waals surface area contributed by atoms with Crippen LogP contribution in [0.15, 0.2) is 42.5 Å². The van der Waals surface area contributed by atoms with Gasteiger partial charge in [-0.2, -0.15) is 0 Å². The van der Waals surface area contributed by atoms with Gasteiger partial charge in [-0.3, -0.25) is 4.79 Å². The lowest BCUT2D eigenvalue weighted by Crippen LogP contribution is -2.36. The molecule has 2 aromatic carbocycles. The topological polar surface area (TPSA) is 55.6 Å². The van der Waals surface area contributed by atoms with Gasteiger partial charge in [0, 0.05) is 17.4 Å². The molecule has 4 heteroatoms. The highest BCUT2D eigenvalue weighted by Crippen LogP contribution is 2.34. The second kappa shape index (κ2) is 5.13. The number of benzene rings is 2. The second-order valence-corrected chi connectivity index (χ2v) is 5.32. The zero-order chi connectivity index (χ0) is 15.0. The number of methoxy groups -OCH3 is 1. The lowest BCUT2D eigenvalue weighted by atomic mass is 10.1. The van der Waals surface area contributed by atoms with Crippen LogP contribution in [0.5, 0.6) is 5.75 Å². The Morgan fingerprint density at radius 2 is 2.05 bits per heavy atom. The zero-order valence-corrected chi connectivity index (χ0v) is 12.2. The van der Waals surface area contributed by atoms with E-state index in [1.165, 1.54) is 5.56 Å². The summed E-state index contributed by atoms with van der Waals surface area (Å²) in [4.78, 5) is 14.8. The molecule has 0 spiro atoms. The Morgan fingerprint density at radius 1 is 1.29 bits per heavy atom. The van der Waals surface area contributed by atoms with Crippen molar-refractivity contribution in [1.29, 1.82) is 0 Å². The van der Waals surface area contributed by atoms with Gasteiger partial charge in [0.25, 0.3) is 5.91 Å². The van der Waals surface area contributed by atoms with Crippen LogP contribution in [-0.4, -0.2) is 19.1 Å². The molecule has 21 heavy (non-hydrogen) atoms. The summed E-state index contributed by atoms with van der Waals surface area (Å²) in [6.07, 6.45) is 0.868. The molecule has 4 nitrogen and oxygen atoms in total. The molecule has 1 aliphatic rings.